The first kappa shape index (κ1) is 64.9. The molecule has 2 aromatic rings. The topological polar surface area (TPSA) is 47.9 Å². The first-order chi connectivity index (χ1) is 35.2. The van der Waals surface area contributed by atoms with Crippen LogP contribution < -0.4 is 14.2 Å². The van der Waals surface area contributed by atoms with Gasteiger partial charge in [-0.15, -0.1) is 0 Å². The van der Waals surface area contributed by atoms with Crippen LogP contribution in [-0.4, -0.2) is 24.9 Å². The van der Waals surface area contributed by atoms with Crippen LogP contribution >= 0.6 is 0 Å². The van der Waals surface area contributed by atoms with Crippen LogP contribution in [0, 0.1) is 0 Å². The van der Waals surface area contributed by atoms with E-state index in [2.05, 4.69) is 20.8 Å². The first-order valence-corrected chi connectivity index (χ1v) is 32.0. The summed E-state index contributed by atoms with van der Waals surface area (Å²) >= 11 is 0. The second-order valence-electron chi connectivity index (χ2n) is 22.1. The second-order valence-corrected chi connectivity index (χ2v) is 22.1. The third kappa shape index (κ3) is 38.1. The van der Waals surface area contributed by atoms with E-state index in [1.165, 1.54) is 289 Å². The number of ether oxygens (including phenoxy) is 3. The van der Waals surface area contributed by atoms with Gasteiger partial charge in [0.05, 0.1) is 19.8 Å². The minimum Gasteiger partial charge on any atom is -0.490 e. The molecule has 0 heterocycles. The highest BCUT2D eigenvalue weighted by Gasteiger charge is 2.24. The predicted octanol–water partition coefficient (Wildman–Crippen LogP) is 22.7. The van der Waals surface area contributed by atoms with Crippen molar-refractivity contribution in [1.29, 1.82) is 0 Å². The lowest BCUT2D eigenvalue weighted by molar-refractivity contribution is 0.199. The van der Waals surface area contributed by atoms with Crippen molar-refractivity contribution in [3.8, 4) is 17.2 Å². The van der Waals surface area contributed by atoms with E-state index in [1.807, 2.05) is 42.5 Å². The molecule has 0 aliphatic heterocycles. The zero-order chi connectivity index (χ0) is 50.6. The smallest absolute Gasteiger partial charge is 0.203 e. The Kier molecular flexibility index (Phi) is 46.9. The fraction of sp³-hybridized carbons (Fsp3) is 0.821. The second kappa shape index (κ2) is 51.3. The van der Waals surface area contributed by atoms with E-state index in [9.17, 15) is 5.11 Å². The van der Waals surface area contributed by atoms with E-state index in [-0.39, 0.29) is 0 Å². The largest absolute Gasteiger partial charge is 0.490 e. The van der Waals surface area contributed by atoms with Gasteiger partial charge in [-0.3, -0.25) is 0 Å². The van der Waals surface area contributed by atoms with E-state index in [1.54, 1.807) is 0 Å². The van der Waals surface area contributed by atoms with Crippen LogP contribution in [0.2, 0.25) is 0 Å². The SMILES string of the molecule is CCCCCCCCCCCCCCCCCCOc1ccc(C(O)c2ccccc2)c(OCCCCCCCCCCCCCCCCCC)c1OCCCCCCCCCCCCCCCCCC. The Morgan fingerprint density at radius 2 is 0.535 bits per heavy atom. The molecule has 2 rings (SSSR count). The summed E-state index contributed by atoms with van der Waals surface area (Å²) in [6, 6.07) is 14.1. The molecule has 0 aromatic heterocycles. The Labute approximate surface area is 443 Å². The number of hydrogen-bond acceptors (Lipinski definition) is 4. The average Bonchev–Trinajstić information content (AvgIpc) is 3.39. The molecule has 2 aromatic carbocycles. The van der Waals surface area contributed by atoms with Crippen molar-refractivity contribution in [2.45, 2.75) is 335 Å². The lowest BCUT2D eigenvalue weighted by atomic mass is 10.00. The summed E-state index contributed by atoms with van der Waals surface area (Å²) in [5.41, 5.74) is 1.63. The molecule has 1 atom stereocenters. The van der Waals surface area contributed by atoms with Gasteiger partial charge in [0.15, 0.2) is 11.5 Å². The number of aliphatic hydroxyl groups is 1. The molecule has 0 aliphatic rings. The number of benzene rings is 2. The molecule has 0 saturated heterocycles. The predicted molar refractivity (Wildman–Crippen MR) is 312 cm³/mol. The summed E-state index contributed by atoms with van der Waals surface area (Å²) < 4.78 is 20.0. The van der Waals surface area contributed by atoms with Crippen LogP contribution in [0.4, 0.5) is 0 Å². The van der Waals surface area contributed by atoms with Gasteiger partial charge in [-0.05, 0) is 37.0 Å². The molecule has 0 spiro atoms. The van der Waals surface area contributed by atoms with E-state index in [0.717, 1.165) is 36.1 Å². The molecular weight excluding hydrogens is 869 g/mol. The normalized spacial score (nSPS) is 11.9. The molecule has 4 heteroatoms. The third-order valence-electron chi connectivity index (χ3n) is 15.3. The minimum atomic E-state index is -0.802. The maximum absolute atomic E-state index is 11.8. The molecule has 0 amide bonds. The van der Waals surface area contributed by atoms with Crippen molar-refractivity contribution < 1.29 is 19.3 Å². The number of unbranched alkanes of at least 4 members (excludes halogenated alkanes) is 45. The minimum absolute atomic E-state index is 0.616. The third-order valence-corrected chi connectivity index (χ3v) is 15.3. The molecule has 412 valence electrons. The highest BCUT2D eigenvalue weighted by Crippen LogP contribution is 2.44. The van der Waals surface area contributed by atoms with Crippen molar-refractivity contribution in [2.75, 3.05) is 19.8 Å². The van der Waals surface area contributed by atoms with Gasteiger partial charge in [-0.25, -0.2) is 0 Å². The molecular formula is C67H120O4. The van der Waals surface area contributed by atoms with E-state index in [0.29, 0.717) is 31.3 Å². The highest BCUT2D eigenvalue weighted by atomic mass is 16.5. The molecule has 4 nitrogen and oxygen atoms in total. The fourth-order valence-electron chi connectivity index (χ4n) is 10.5. The average molecular weight is 990 g/mol. The van der Waals surface area contributed by atoms with Crippen LogP contribution in [0.25, 0.3) is 0 Å². The van der Waals surface area contributed by atoms with E-state index < -0.39 is 6.10 Å². The Balaban J connectivity index is 1.86. The highest BCUT2D eigenvalue weighted by molar-refractivity contribution is 5.58. The Morgan fingerprint density at radius 3 is 0.831 bits per heavy atom. The van der Waals surface area contributed by atoms with Crippen LogP contribution in [-0.2, 0) is 0 Å². The van der Waals surface area contributed by atoms with Crippen LogP contribution in [0.5, 0.6) is 17.2 Å². The quantitative estimate of drug-likeness (QED) is 0.0671. The number of hydrogen-bond donors (Lipinski definition) is 1. The summed E-state index contributed by atoms with van der Waals surface area (Å²) in [5.74, 6) is 2.11. The maximum atomic E-state index is 11.8. The lowest BCUT2D eigenvalue weighted by Gasteiger charge is -2.22. The van der Waals surface area contributed by atoms with Crippen LogP contribution in [0.1, 0.15) is 346 Å². The monoisotopic (exact) mass is 989 g/mol. The van der Waals surface area contributed by atoms with Gasteiger partial charge in [0.25, 0.3) is 0 Å². The molecule has 0 bridgehead atoms. The van der Waals surface area contributed by atoms with Gasteiger partial charge in [0.2, 0.25) is 5.75 Å². The standard InChI is InChI=1S/C67H120O4/c1-4-7-10-13-16-19-22-25-28-31-34-37-40-43-46-52-59-69-64-58-57-63(65(68)62-55-50-49-51-56-62)66(70-60-53-47-44-41-38-35-32-29-26-23-20-17-14-11-8-5-2)67(64)71-61-54-48-45-42-39-36-33-30-27-24-21-18-15-12-9-6-3/h49-51,55-58,65,68H,4-48,52-54,59-61H2,1-3H3. The Morgan fingerprint density at radius 1 is 0.282 bits per heavy atom. The fourth-order valence-corrected chi connectivity index (χ4v) is 10.5. The Hall–Kier alpha value is -2.20. The van der Waals surface area contributed by atoms with Crippen LogP contribution in [0.3, 0.4) is 0 Å². The van der Waals surface area contributed by atoms with Crippen LogP contribution in [0.15, 0.2) is 42.5 Å². The van der Waals surface area contributed by atoms with E-state index >= 15 is 0 Å². The van der Waals surface area contributed by atoms with Gasteiger partial charge < -0.3 is 19.3 Å². The molecule has 1 unspecified atom stereocenters. The summed E-state index contributed by atoms with van der Waals surface area (Å²) in [7, 11) is 0. The zero-order valence-corrected chi connectivity index (χ0v) is 47.9. The summed E-state index contributed by atoms with van der Waals surface area (Å²) in [6.07, 6.45) is 64.2. The van der Waals surface area contributed by atoms with Gasteiger partial charge in [0.1, 0.15) is 6.10 Å². The summed E-state index contributed by atoms with van der Waals surface area (Å²) in [5, 5.41) is 11.8. The summed E-state index contributed by atoms with van der Waals surface area (Å²) in [6.45, 7) is 8.83. The van der Waals surface area contributed by atoms with Crippen molar-refractivity contribution in [3.05, 3.63) is 53.6 Å². The summed E-state index contributed by atoms with van der Waals surface area (Å²) in [4.78, 5) is 0. The van der Waals surface area contributed by atoms with Gasteiger partial charge in [-0.2, -0.15) is 0 Å². The molecule has 0 saturated carbocycles. The van der Waals surface area contributed by atoms with Crippen molar-refractivity contribution in [3.63, 3.8) is 0 Å². The van der Waals surface area contributed by atoms with Gasteiger partial charge in [0, 0.05) is 5.56 Å². The molecule has 71 heavy (non-hydrogen) atoms. The molecule has 0 radical (unpaired) electrons. The molecule has 1 N–H and O–H groups in total. The Bertz CT molecular complexity index is 1360. The van der Waals surface area contributed by atoms with Gasteiger partial charge >= 0.3 is 0 Å². The molecule has 0 aliphatic carbocycles. The first-order valence-electron chi connectivity index (χ1n) is 32.0. The number of aliphatic hydroxyl groups excluding tert-OH is 1. The van der Waals surface area contributed by atoms with Gasteiger partial charge in [-0.1, -0.05) is 340 Å². The lowest BCUT2D eigenvalue weighted by Crippen LogP contribution is -2.10. The van der Waals surface area contributed by atoms with Crippen molar-refractivity contribution in [1.82, 2.24) is 0 Å². The number of rotatable bonds is 56. The van der Waals surface area contributed by atoms with Crippen molar-refractivity contribution >= 4 is 0 Å². The molecule has 0 fully saturated rings. The van der Waals surface area contributed by atoms with Crippen molar-refractivity contribution in [2.24, 2.45) is 0 Å². The zero-order valence-electron chi connectivity index (χ0n) is 47.9. The maximum Gasteiger partial charge on any atom is 0.203 e. The van der Waals surface area contributed by atoms with E-state index in [4.69, 9.17) is 14.2 Å².